The summed E-state index contributed by atoms with van der Waals surface area (Å²) in [5, 5.41) is 9.28. The third-order valence-electron chi connectivity index (χ3n) is 7.60. The molecule has 2 aliphatic heterocycles. The van der Waals surface area contributed by atoms with E-state index in [0.717, 1.165) is 62.3 Å². The predicted octanol–water partition coefficient (Wildman–Crippen LogP) is 4.50. The van der Waals surface area contributed by atoms with Gasteiger partial charge in [0.25, 0.3) is 0 Å². The summed E-state index contributed by atoms with van der Waals surface area (Å²) in [6.07, 6.45) is 13.9. The van der Waals surface area contributed by atoms with Crippen LogP contribution in [0.15, 0.2) is 24.5 Å². The van der Waals surface area contributed by atoms with Crippen molar-refractivity contribution in [2.45, 2.75) is 91.1 Å². The van der Waals surface area contributed by atoms with E-state index in [-0.39, 0.29) is 0 Å². The van der Waals surface area contributed by atoms with Crippen molar-refractivity contribution in [2.75, 3.05) is 26.2 Å². The molecule has 4 atom stereocenters. The minimum atomic E-state index is 0.705. The van der Waals surface area contributed by atoms with Gasteiger partial charge in [-0.25, -0.2) is 4.68 Å². The normalized spacial score (nSPS) is 27.8. The molecule has 4 heterocycles. The second-order valence-corrected chi connectivity index (χ2v) is 10.7. The second-order valence-electron chi connectivity index (χ2n) is 10.7. The van der Waals surface area contributed by atoms with Crippen LogP contribution in [0.4, 0.5) is 0 Å². The van der Waals surface area contributed by atoms with Crippen molar-refractivity contribution in [3.8, 4) is 0 Å². The number of rotatable bonds is 9. The molecule has 2 aromatic heterocycles. The molecule has 2 saturated heterocycles. The molecule has 178 valence electrons. The van der Waals surface area contributed by atoms with Gasteiger partial charge in [0, 0.05) is 50.4 Å². The first-order valence-electron chi connectivity index (χ1n) is 13.1. The largest absolute Gasteiger partial charge is 0.303 e. The number of piperidine rings is 2. The maximum atomic E-state index is 4.64. The first-order chi connectivity index (χ1) is 15.5. The zero-order chi connectivity index (χ0) is 22.5. The summed E-state index contributed by atoms with van der Waals surface area (Å²) >= 11 is 0. The monoisotopic (exact) mass is 440 g/mol. The van der Waals surface area contributed by atoms with Crippen LogP contribution >= 0.6 is 0 Å². The van der Waals surface area contributed by atoms with Gasteiger partial charge in [-0.2, -0.15) is 0 Å². The van der Waals surface area contributed by atoms with Crippen LogP contribution in [-0.2, 0) is 12.8 Å². The van der Waals surface area contributed by atoms with Gasteiger partial charge in [-0.15, -0.1) is 10.2 Å². The van der Waals surface area contributed by atoms with Crippen molar-refractivity contribution in [1.82, 2.24) is 29.3 Å². The Hall–Kier alpha value is -1.66. The van der Waals surface area contributed by atoms with E-state index < -0.39 is 0 Å². The van der Waals surface area contributed by atoms with Crippen molar-refractivity contribution in [3.63, 3.8) is 0 Å². The number of aryl methyl sites for hydroxylation is 2. The first kappa shape index (κ1) is 23.5. The number of nitrogens with zero attached hydrogens (tertiary/aromatic N) is 6. The minimum Gasteiger partial charge on any atom is -0.303 e. The van der Waals surface area contributed by atoms with Gasteiger partial charge in [-0.1, -0.05) is 20.3 Å². The molecule has 6 nitrogen and oxygen atoms in total. The van der Waals surface area contributed by atoms with E-state index in [1.807, 2.05) is 0 Å². The van der Waals surface area contributed by atoms with Crippen LogP contribution in [-0.4, -0.2) is 67.6 Å². The lowest BCUT2D eigenvalue weighted by atomic mass is 9.92. The third kappa shape index (κ3) is 5.82. The van der Waals surface area contributed by atoms with Gasteiger partial charge in [-0.05, 0) is 83.0 Å². The molecule has 2 aliphatic rings. The first-order valence-corrected chi connectivity index (χ1v) is 13.1. The van der Waals surface area contributed by atoms with Crippen molar-refractivity contribution < 1.29 is 0 Å². The lowest BCUT2D eigenvalue weighted by Gasteiger charge is -2.39. The summed E-state index contributed by atoms with van der Waals surface area (Å²) in [5.74, 6) is 3.82. The number of aromatic nitrogens is 4. The average Bonchev–Trinajstić information content (AvgIpc) is 3.39. The Morgan fingerprint density at radius 3 is 1.97 bits per heavy atom. The molecule has 0 unspecified atom stereocenters. The number of hydrogen-bond acceptors (Lipinski definition) is 4. The summed E-state index contributed by atoms with van der Waals surface area (Å²) in [5.41, 5.74) is 0. The van der Waals surface area contributed by atoms with E-state index in [2.05, 4.69) is 81.6 Å². The summed E-state index contributed by atoms with van der Waals surface area (Å²) in [7, 11) is 0. The fourth-order valence-corrected chi connectivity index (χ4v) is 6.16. The number of likely N-dealkylation sites (tertiary alicyclic amines) is 2. The fourth-order valence-electron chi connectivity index (χ4n) is 6.16. The summed E-state index contributed by atoms with van der Waals surface area (Å²) in [6.45, 7) is 14.4. The number of hydrogen-bond donors (Lipinski definition) is 0. The molecule has 0 radical (unpaired) electrons. The summed E-state index contributed by atoms with van der Waals surface area (Å²) in [6, 6.07) is 5.58. The van der Waals surface area contributed by atoms with E-state index in [1.54, 1.807) is 0 Å². The highest BCUT2D eigenvalue weighted by Crippen LogP contribution is 2.23. The molecule has 2 fully saturated rings. The van der Waals surface area contributed by atoms with Gasteiger partial charge in [0.2, 0.25) is 0 Å². The van der Waals surface area contributed by atoms with Crippen molar-refractivity contribution in [3.05, 3.63) is 36.2 Å². The van der Waals surface area contributed by atoms with Crippen molar-refractivity contribution >= 4 is 0 Å². The molecule has 32 heavy (non-hydrogen) atoms. The van der Waals surface area contributed by atoms with Crippen LogP contribution in [0, 0.1) is 11.8 Å². The van der Waals surface area contributed by atoms with E-state index in [4.69, 9.17) is 0 Å². The maximum Gasteiger partial charge on any atom is 0.153 e. The highest BCUT2D eigenvalue weighted by molar-refractivity contribution is 5.02. The Kier molecular flexibility index (Phi) is 8.06. The van der Waals surface area contributed by atoms with Crippen LogP contribution in [0.25, 0.3) is 0 Å². The zero-order valence-corrected chi connectivity index (χ0v) is 20.8. The standard InChI is InChI=1S/C26H44N6/c1-21-18-22(2)20-29(19-21)14-8-12-25-27-28-26(32(25)30-15-5-6-16-30)13-9-17-31-23(3)10-7-11-24(31)4/h5-6,15-16,21-24H,7-14,17-20H2,1-4H3/t21-,22-,23+,24+/m1/s1. The molecule has 0 bridgehead atoms. The van der Waals surface area contributed by atoms with Gasteiger partial charge < -0.3 is 4.90 Å². The van der Waals surface area contributed by atoms with Crippen LogP contribution in [0.3, 0.4) is 0 Å². The minimum absolute atomic E-state index is 0.705. The molecular weight excluding hydrogens is 396 g/mol. The van der Waals surface area contributed by atoms with Crippen LogP contribution in [0.1, 0.15) is 77.9 Å². The molecule has 0 aliphatic carbocycles. The lowest BCUT2D eigenvalue weighted by Crippen LogP contribution is -2.44. The zero-order valence-electron chi connectivity index (χ0n) is 20.8. The van der Waals surface area contributed by atoms with Gasteiger partial charge >= 0.3 is 0 Å². The molecule has 0 saturated carbocycles. The highest BCUT2D eigenvalue weighted by Gasteiger charge is 2.25. The average molecular weight is 441 g/mol. The Morgan fingerprint density at radius 1 is 0.812 bits per heavy atom. The van der Waals surface area contributed by atoms with Crippen molar-refractivity contribution in [2.24, 2.45) is 11.8 Å². The van der Waals surface area contributed by atoms with Gasteiger partial charge in [0.05, 0.1) is 0 Å². The van der Waals surface area contributed by atoms with Gasteiger partial charge in [0.15, 0.2) is 11.6 Å². The van der Waals surface area contributed by atoms with Crippen molar-refractivity contribution in [1.29, 1.82) is 0 Å². The van der Waals surface area contributed by atoms with Crippen LogP contribution in [0.5, 0.6) is 0 Å². The van der Waals surface area contributed by atoms with Crippen LogP contribution < -0.4 is 0 Å². The van der Waals surface area contributed by atoms with Gasteiger partial charge in [0.1, 0.15) is 0 Å². The second kappa shape index (κ2) is 11.0. The Labute approximate surface area is 195 Å². The Morgan fingerprint density at radius 2 is 1.38 bits per heavy atom. The predicted molar refractivity (Wildman–Crippen MR) is 131 cm³/mol. The molecule has 0 amide bonds. The quantitative estimate of drug-likeness (QED) is 0.576. The maximum absolute atomic E-state index is 4.64. The highest BCUT2D eigenvalue weighted by atomic mass is 15.5. The fraction of sp³-hybridized carbons (Fsp3) is 0.769. The van der Waals surface area contributed by atoms with Gasteiger partial charge in [-0.3, -0.25) is 9.58 Å². The lowest BCUT2D eigenvalue weighted by molar-refractivity contribution is 0.102. The molecule has 2 aromatic rings. The topological polar surface area (TPSA) is 42.1 Å². The van der Waals surface area contributed by atoms with E-state index >= 15 is 0 Å². The molecule has 0 spiro atoms. The third-order valence-corrected chi connectivity index (χ3v) is 7.60. The van der Waals surface area contributed by atoms with E-state index in [0.29, 0.717) is 12.1 Å². The smallest absolute Gasteiger partial charge is 0.153 e. The van der Waals surface area contributed by atoms with E-state index in [1.165, 1.54) is 38.8 Å². The molecular formula is C26H44N6. The van der Waals surface area contributed by atoms with E-state index in [9.17, 15) is 0 Å². The van der Waals surface area contributed by atoms with Crippen LogP contribution in [0.2, 0.25) is 0 Å². The Balaban J connectivity index is 1.36. The molecule has 6 heteroatoms. The molecule has 0 aromatic carbocycles. The summed E-state index contributed by atoms with van der Waals surface area (Å²) in [4.78, 5) is 5.35. The SMILES string of the molecule is C[C@@H]1C[C@@H](C)CN(CCCc2nnc(CCCN3[C@@H](C)CCC[C@@H]3C)n2-n2cccc2)C1. The Bertz CT molecular complexity index is 792. The summed E-state index contributed by atoms with van der Waals surface area (Å²) < 4.78 is 4.41. The molecule has 0 N–H and O–H groups in total. The molecule has 4 rings (SSSR count).